The zero-order chi connectivity index (χ0) is 10.8. The molecule has 1 aromatic rings. The van der Waals surface area contributed by atoms with Gasteiger partial charge in [0.25, 0.3) is 0 Å². The van der Waals surface area contributed by atoms with Crippen molar-refractivity contribution in [2.24, 2.45) is 10.9 Å². The Balaban J connectivity index is 2.28. The average Bonchev–Trinajstić information content (AvgIpc) is 2.70. The molecule has 4 heteroatoms. The summed E-state index contributed by atoms with van der Waals surface area (Å²) in [6.07, 6.45) is 1.03. The van der Waals surface area contributed by atoms with E-state index >= 15 is 0 Å². The van der Waals surface area contributed by atoms with Crippen molar-refractivity contribution in [2.45, 2.75) is 19.4 Å². The van der Waals surface area contributed by atoms with Crippen LogP contribution in [0.4, 0.5) is 5.69 Å². The van der Waals surface area contributed by atoms with Crippen LogP contribution in [0.2, 0.25) is 0 Å². The maximum absolute atomic E-state index is 8.65. The molecule has 0 spiro atoms. The molecular weight excluding hydrogens is 190 g/mol. The third-order valence-electron chi connectivity index (χ3n) is 2.93. The van der Waals surface area contributed by atoms with Gasteiger partial charge in [0.15, 0.2) is 5.84 Å². The van der Waals surface area contributed by atoms with E-state index in [1.165, 1.54) is 11.3 Å². The highest BCUT2D eigenvalue weighted by Crippen LogP contribution is 2.28. The summed E-state index contributed by atoms with van der Waals surface area (Å²) in [5, 5.41) is 11.7. The summed E-state index contributed by atoms with van der Waals surface area (Å²) in [7, 11) is 0. The number of hydrogen-bond donors (Lipinski definition) is 2. The van der Waals surface area contributed by atoms with E-state index in [1.807, 2.05) is 19.1 Å². The molecule has 0 unspecified atom stereocenters. The molecule has 0 radical (unpaired) electrons. The molecule has 0 fully saturated rings. The molecule has 0 amide bonds. The summed E-state index contributed by atoms with van der Waals surface area (Å²) in [5.41, 5.74) is 8.13. The first-order valence-corrected chi connectivity index (χ1v) is 5.06. The van der Waals surface area contributed by atoms with Gasteiger partial charge in [-0.2, -0.15) is 0 Å². The number of rotatable bonds is 2. The van der Waals surface area contributed by atoms with Crippen LogP contribution >= 0.6 is 0 Å². The highest BCUT2D eigenvalue weighted by Gasteiger charge is 2.24. The number of benzene rings is 1. The van der Waals surface area contributed by atoms with Gasteiger partial charge in [0.2, 0.25) is 0 Å². The van der Waals surface area contributed by atoms with E-state index in [2.05, 4.69) is 22.2 Å². The fourth-order valence-corrected chi connectivity index (χ4v) is 2.01. The van der Waals surface area contributed by atoms with Crippen molar-refractivity contribution >= 4 is 11.5 Å². The van der Waals surface area contributed by atoms with E-state index in [0.717, 1.165) is 13.0 Å². The Hall–Kier alpha value is -1.71. The van der Waals surface area contributed by atoms with Crippen LogP contribution in [0, 0.1) is 0 Å². The number of hydrogen-bond acceptors (Lipinski definition) is 3. The zero-order valence-electron chi connectivity index (χ0n) is 8.72. The topological polar surface area (TPSA) is 61.9 Å². The standard InChI is InChI=1S/C11H15N3O/c1-8(11(12)13-15)14-7-6-9-4-2-3-5-10(9)14/h2-5,8,15H,6-7H2,1H3,(H2,12,13)/t8-/m0/s1. The first-order valence-electron chi connectivity index (χ1n) is 5.06. The summed E-state index contributed by atoms with van der Waals surface area (Å²) >= 11 is 0. The molecule has 1 aliphatic rings. The minimum Gasteiger partial charge on any atom is -0.409 e. The monoisotopic (exact) mass is 205 g/mol. The number of nitrogens with two attached hydrogens (primary N) is 1. The van der Waals surface area contributed by atoms with Gasteiger partial charge in [-0.15, -0.1) is 0 Å². The number of fused-ring (bicyclic) bond motifs is 1. The molecule has 2 rings (SSSR count). The molecule has 1 heterocycles. The molecule has 80 valence electrons. The molecule has 0 saturated carbocycles. The van der Waals surface area contributed by atoms with Crippen LogP contribution in [-0.2, 0) is 6.42 Å². The minimum atomic E-state index is -0.0568. The molecule has 0 aliphatic carbocycles. The van der Waals surface area contributed by atoms with E-state index < -0.39 is 0 Å². The minimum absolute atomic E-state index is 0.0568. The lowest BCUT2D eigenvalue weighted by Crippen LogP contribution is -2.42. The van der Waals surface area contributed by atoms with Crippen molar-refractivity contribution in [3.05, 3.63) is 29.8 Å². The Morgan fingerprint density at radius 2 is 2.27 bits per heavy atom. The van der Waals surface area contributed by atoms with Gasteiger partial charge in [0.1, 0.15) is 0 Å². The number of anilines is 1. The van der Waals surface area contributed by atoms with Crippen molar-refractivity contribution < 1.29 is 5.21 Å². The highest BCUT2D eigenvalue weighted by molar-refractivity contribution is 5.88. The molecular formula is C11H15N3O. The largest absolute Gasteiger partial charge is 0.409 e. The molecule has 4 nitrogen and oxygen atoms in total. The van der Waals surface area contributed by atoms with Crippen LogP contribution in [0.25, 0.3) is 0 Å². The highest BCUT2D eigenvalue weighted by atomic mass is 16.4. The number of para-hydroxylation sites is 1. The van der Waals surface area contributed by atoms with Gasteiger partial charge in [0, 0.05) is 12.2 Å². The second-order valence-corrected chi connectivity index (χ2v) is 3.77. The first-order chi connectivity index (χ1) is 7.24. The third kappa shape index (κ3) is 1.63. The Morgan fingerprint density at radius 3 is 3.00 bits per heavy atom. The van der Waals surface area contributed by atoms with Crippen LogP contribution in [0.15, 0.2) is 29.4 Å². The lowest BCUT2D eigenvalue weighted by Gasteiger charge is -2.25. The number of nitrogens with zero attached hydrogens (tertiary/aromatic N) is 2. The Labute approximate surface area is 89.0 Å². The third-order valence-corrected chi connectivity index (χ3v) is 2.93. The molecule has 1 aromatic carbocycles. The van der Waals surface area contributed by atoms with Crippen molar-refractivity contribution in [1.82, 2.24) is 0 Å². The first kappa shape index (κ1) is 9.83. The van der Waals surface area contributed by atoms with Gasteiger partial charge in [-0.05, 0) is 25.0 Å². The van der Waals surface area contributed by atoms with E-state index in [-0.39, 0.29) is 11.9 Å². The molecule has 0 aromatic heterocycles. The summed E-state index contributed by atoms with van der Waals surface area (Å²) in [5.74, 6) is 0.256. The van der Waals surface area contributed by atoms with Gasteiger partial charge in [0.05, 0.1) is 6.04 Å². The molecule has 1 aliphatic heterocycles. The average molecular weight is 205 g/mol. The van der Waals surface area contributed by atoms with E-state index in [9.17, 15) is 0 Å². The van der Waals surface area contributed by atoms with Crippen molar-refractivity contribution in [3.8, 4) is 0 Å². The summed E-state index contributed by atoms with van der Waals surface area (Å²) < 4.78 is 0. The molecule has 0 bridgehead atoms. The van der Waals surface area contributed by atoms with Gasteiger partial charge >= 0.3 is 0 Å². The predicted molar refractivity (Wildman–Crippen MR) is 60.4 cm³/mol. The van der Waals surface area contributed by atoms with Crippen LogP contribution in [0.3, 0.4) is 0 Å². The SMILES string of the molecule is C[C@@H](/C(N)=N\O)N1CCc2ccccc21. The van der Waals surface area contributed by atoms with Gasteiger partial charge in [-0.3, -0.25) is 0 Å². The summed E-state index contributed by atoms with van der Waals surface area (Å²) in [6, 6.07) is 8.18. The van der Waals surface area contributed by atoms with Crippen molar-refractivity contribution in [2.75, 3.05) is 11.4 Å². The normalized spacial score (nSPS) is 17.7. The predicted octanol–water partition coefficient (Wildman–Crippen LogP) is 1.18. The molecule has 0 saturated heterocycles. The smallest absolute Gasteiger partial charge is 0.161 e. The Kier molecular flexibility index (Phi) is 2.49. The van der Waals surface area contributed by atoms with Gasteiger partial charge in [-0.25, -0.2) is 0 Å². The lowest BCUT2D eigenvalue weighted by atomic mass is 10.2. The summed E-state index contributed by atoms with van der Waals surface area (Å²) in [6.45, 7) is 2.87. The Morgan fingerprint density at radius 1 is 1.53 bits per heavy atom. The molecule has 3 N–H and O–H groups in total. The maximum Gasteiger partial charge on any atom is 0.161 e. The van der Waals surface area contributed by atoms with Crippen LogP contribution < -0.4 is 10.6 Å². The maximum atomic E-state index is 8.65. The number of amidine groups is 1. The second kappa shape index (κ2) is 3.81. The van der Waals surface area contributed by atoms with Crippen molar-refractivity contribution in [1.29, 1.82) is 0 Å². The summed E-state index contributed by atoms with van der Waals surface area (Å²) in [4.78, 5) is 2.16. The molecule has 1 atom stereocenters. The van der Waals surface area contributed by atoms with Gasteiger partial charge < -0.3 is 15.8 Å². The lowest BCUT2D eigenvalue weighted by molar-refractivity contribution is 0.316. The quantitative estimate of drug-likeness (QED) is 0.330. The van der Waals surface area contributed by atoms with Crippen LogP contribution in [-0.4, -0.2) is 23.6 Å². The van der Waals surface area contributed by atoms with E-state index in [4.69, 9.17) is 10.9 Å². The fourth-order valence-electron chi connectivity index (χ4n) is 2.01. The number of oxime groups is 1. The fraction of sp³-hybridized carbons (Fsp3) is 0.364. The van der Waals surface area contributed by atoms with Crippen LogP contribution in [0.1, 0.15) is 12.5 Å². The van der Waals surface area contributed by atoms with Gasteiger partial charge in [-0.1, -0.05) is 23.4 Å². The Bertz CT molecular complexity index is 389. The van der Waals surface area contributed by atoms with Crippen molar-refractivity contribution in [3.63, 3.8) is 0 Å². The van der Waals surface area contributed by atoms with E-state index in [1.54, 1.807) is 0 Å². The second-order valence-electron chi connectivity index (χ2n) is 3.77. The van der Waals surface area contributed by atoms with Crippen LogP contribution in [0.5, 0.6) is 0 Å². The molecule has 15 heavy (non-hydrogen) atoms. The van der Waals surface area contributed by atoms with E-state index in [0.29, 0.717) is 0 Å². The zero-order valence-corrected chi connectivity index (χ0v) is 8.72.